The van der Waals surface area contributed by atoms with Gasteiger partial charge in [0.05, 0.1) is 18.1 Å². The molecule has 0 bridgehead atoms. The predicted octanol–water partition coefficient (Wildman–Crippen LogP) is 3.00. The smallest absolute Gasteiger partial charge is 0.262 e. The molecule has 0 unspecified atom stereocenters. The van der Waals surface area contributed by atoms with Crippen molar-refractivity contribution in [2.75, 3.05) is 25.5 Å². The van der Waals surface area contributed by atoms with E-state index in [1.54, 1.807) is 34.8 Å². The average Bonchev–Trinajstić information content (AvgIpc) is 3.21. The number of hydrogen-bond acceptors (Lipinski definition) is 6. The van der Waals surface area contributed by atoms with Crippen molar-refractivity contribution < 1.29 is 12.8 Å². The number of rotatable bonds is 5. The average molecular weight is 445 g/mol. The zero-order chi connectivity index (χ0) is 22.2. The molecule has 0 saturated carbocycles. The van der Waals surface area contributed by atoms with Crippen LogP contribution >= 0.6 is 0 Å². The molecule has 4 rings (SSSR count). The second-order valence-electron chi connectivity index (χ2n) is 7.87. The van der Waals surface area contributed by atoms with Crippen LogP contribution in [0.4, 0.5) is 10.3 Å². The maximum atomic E-state index is 13.5. The van der Waals surface area contributed by atoms with Crippen LogP contribution in [0.5, 0.6) is 0 Å². The number of aromatic nitrogens is 4. The van der Waals surface area contributed by atoms with Crippen molar-refractivity contribution in [3.05, 3.63) is 54.5 Å². The molecule has 10 heteroatoms. The van der Waals surface area contributed by atoms with Gasteiger partial charge in [-0.3, -0.25) is 0 Å². The first-order chi connectivity index (χ1) is 14.8. The molecular formula is C21H25FN6O2S. The monoisotopic (exact) mass is 444 g/mol. The molecule has 1 atom stereocenters. The van der Waals surface area contributed by atoms with Crippen LogP contribution < -0.4 is 4.90 Å². The Hall–Kier alpha value is -2.85. The minimum atomic E-state index is -3.81. The number of aryl methyl sites for hydroxylation is 1. The van der Waals surface area contributed by atoms with Crippen LogP contribution in [-0.4, -0.2) is 52.9 Å². The third-order valence-corrected chi connectivity index (χ3v) is 7.18. The minimum absolute atomic E-state index is 0.0205. The maximum absolute atomic E-state index is 13.5. The van der Waals surface area contributed by atoms with E-state index in [9.17, 15) is 12.8 Å². The lowest BCUT2D eigenvalue weighted by atomic mass is 9.95. The Kier molecular flexibility index (Phi) is 5.76. The minimum Gasteiger partial charge on any atom is -0.347 e. The number of hydrogen-bond donors (Lipinski definition) is 0. The van der Waals surface area contributed by atoms with E-state index in [4.69, 9.17) is 4.98 Å². The third kappa shape index (κ3) is 4.17. The van der Waals surface area contributed by atoms with Crippen LogP contribution in [0.15, 0.2) is 48.0 Å². The highest BCUT2D eigenvalue weighted by atomic mass is 32.2. The molecule has 0 spiro atoms. The van der Waals surface area contributed by atoms with E-state index in [1.165, 1.54) is 29.0 Å². The Balaban J connectivity index is 1.85. The lowest BCUT2D eigenvalue weighted by Crippen LogP contribution is -2.39. The van der Waals surface area contributed by atoms with Crippen LogP contribution in [0.3, 0.4) is 0 Å². The van der Waals surface area contributed by atoms with Gasteiger partial charge in [-0.05, 0) is 30.5 Å². The van der Waals surface area contributed by atoms with Gasteiger partial charge in [0.25, 0.3) is 10.0 Å². The lowest BCUT2D eigenvalue weighted by Gasteiger charge is -2.34. The molecular weight excluding hydrogens is 419 g/mol. The summed E-state index contributed by atoms with van der Waals surface area (Å²) >= 11 is 0. The van der Waals surface area contributed by atoms with E-state index in [1.807, 2.05) is 14.1 Å². The molecule has 1 saturated heterocycles. The van der Waals surface area contributed by atoms with E-state index >= 15 is 0 Å². The molecule has 1 aromatic carbocycles. The molecule has 0 radical (unpaired) electrons. The van der Waals surface area contributed by atoms with Gasteiger partial charge in [-0.1, -0.05) is 18.6 Å². The van der Waals surface area contributed by atoms with Crippen LogP contribution in [0, 0.1) is 5.82 Å². The van der Waals surface area contributed by atoms with Crippen molar-refractivity contribution in [2.24, 2.45) is 7.05 Å². The number of benzene rings is 1. The highest BCUT2D eigenvalue weighted by Gasteiger charge is 2.38. The summed E-state index contributed by atoms with van der Waals surface area (Å²) in [6.07, 6.45) is 6.94. The zero-order valence-corrected chi connectivity index (χ0v) is 18.5. The van der Waals surface area contributed by atoms with Gasteiger partial charge < -0.3 is 9.47 Å². The summed E-state index contributed by atoms with van der Waals surface area (Å²) in [4.78, 5) is 15.0. The Morgan fingerprint density at radius 2 is 1.87 bits per heavy atom. The van der Waals surface area contributed by atoms with E-state index in [0.29, 0.717) is 30.2 Å². The first kappa shape index (κ1) is 21.4. The second-order valence-corrected chi connectivity index (χ2v) is 9.71. The normalized spacial score (nSPS) is 17.6. The van der Waals surface area contributed by atoms with Gasteiger partial charge >= 0.3 is 0 Å². The highest BCUT2D eigenvalue weighted by molar-refractivity contribution is 7.89. The van der Waals surface area contributed by atoms with Gasteiger partial charge in [0.15, 0.2) is 5.03 Å². The third-order valence-electron chi connectivity index (χ3n) is 5.38. The van der Waals surface area contributed by atoms with Crippen molar-refractivity contribution in [2.45, 2.75) is 30.3 Å². The summed E-state index contributed by atoms with van der Waals surface area (Å²) in [6.45, 7) is 0.383. The van der Waals surface area contributed by atoms with Gasteiger partial charge in [0.2, 0.25) is 5.95 Å². The predicted molar refractivity (Wildman–Crippen MR) is 115 cm³/mol. The largest absolute Gasteiger partial charge is 0.347 e. The molecule has 164 valence electrons. The number of nitrogens with zero attached hydrogens (tertiary/aromatic N) is 6. The number of piperidine rings is 1. The van der Waals surface area contributed by atoms with Gasteiger partial charge in [0.1, 0.15) is 5.82 Å². The maximum Gasteiger partial charge on any atom is 0.262 e. The Morgan fingerprint density at radius 1 is 1.13 bits per heavy atom. The number of sulfonamides is 1. The molecule has 31 heavy (non-hydrogen) atoms. The first-order valence-corrected chi connectivity index (χ1v) is 11.5. The Morgan fingerprint density at radius 3 is 2.52 bits per heavy atom. The molecule has 0 amide bonds. The topological polar surface area (TPSA) is 84.2 Å². The SMILES string of the molecule is CN(C)c1ncc(-c2ccc(F)cc2)c([C@H]2CCCCN2S(=O)(=O)c2cn(C)cn2)n1. The van der Waals surface area contributed by atoms with Gasteiger partial charge in [0, 0.05) is 45.6 Å². The van der Waals surface area contributed by atoms with E-state index in [2.05, 4.69) is 9.97 Å². The number of anilines is 1. The fraction of sp³-hybridized carbons (Fsp3) is 0.381. The lowest BCUT2D eigenvalue weighted by molar-refractivity contribution is 0.251. The van der Waals surface area contributed by atoms with Gasteiger partial charge in [-0.2, -0.15) is 4.31 Å². The fourth-order valence-electron chi connectivity index (χ4n) is 3.81. The van der Waals surface area contributed by atoms with E-state index < -0.39 is 16.1 Å². The standard InChI is InChI=1S/C21H25FN6O2S/c1-26(2)21-23-12-17(15-7-9-16(22)10-8-15)20(25-21)18-6-4-5-11-28(18)31(29,30)19-13-27(3)14-24-19/h7-10,12-14,18H,4-6,11H2,1-3H3/t18-/m1/s1. The molecule has 1 aliphatic rings. The van der Waals surface area contributed by atoms with Crippen LogP contribution in [0.2, 0.25) is 0 Å². The number of halogens is 1. The molecule has 3 heterocycles. The van der Waals surface area contributed by atoms with Crippen molar-refractivity contribution >= 4 is 16.0 Å². The summed E-state index contributed by atoms with van der Waals surface area (Å²) in [6, 6.07) is 5.60. The van der Waals surface area contributed by atoms with Gasteiger partial charge in [-0.25, -0.2) is 27.8 Å². The van der Waals surface area contributed by atoms with Crippen molar-refractivity contribution in [3.8, 4) is 11.1 Å². The molecule has 1 fully saturated rings. The fourth-order valence-corrected chi connectivity index (χ4v) is 5.44. The van der Waals surface area contributed by atoms with Crippen LogP contribution in [-0.2, 0) is 17.1 Å². The molecule has 0 aliphatic carbocycles. The zero-order valence-electron chi connectivity index (χ0n) is 17.7. The molecule has 2 aromatic heterocycles. The second kappa shape index (κ2) is 8.35. The van der Waals surface area contributed by atoms with E-state index in [0.717, 1.165) is 18.4 Å². The van der Waals surface area contributed by atoms with E-state index in [-0.39, 0.29) is 10.8 Å². The Labute approximate surface area is 181 Å². The van der Waals surface area contributed by atoms with Crippen LogP contribution in [0.1, 0.15) is 31.0 Å². The summed E-state index contributed by atoms with van der Waals surface area (Å²) < 4.78 is 43.5. The molecule has 1 aliphatic heterocycles. The van der Waals surface area contributed by atoms with Crippen molar-refractivity contribution in [3.63, 3.8) is 0 Å². The number of imidazole rings is 1. The Bertz CT molecular complexity index is 1180. The highest BCUT2D eigenvalue weighted by Crippen LogP contribution is 2.39. The molecule has 3 aromatic rings. The first-order valence-electron chi connectivity index (χ1n) is 10.1. The summed E-state index contributed by atoms with van der Waals surface area (Å²) in [7, 11) is 1.59. The van der Waals surface area contributed by atoms with Crippen molar-refractivity contribution in [1.29, 1.82) is 0 Å². The molecule has 0 N–H and O–H groups in total. The van der Waals surface area contributed by atoms with Gasteiger partial charge in [-0.15, -0.1) is 0 Å². The molecule has 8 nitrogen and oxygen atoms in total. The summed E-state index contributed by atoms with van der Waals surface area (Å²) in [5.41, 5.74) is 2.05. The summed E-state index contributed by atoms with van der Waals surface area (Å²) in [5.74, 6) is 0.148. The van der Waals surface area contributed by atoms with Crippen LogP contribution in [0.25, 0.3) is 11.1 Å². The van der Waals surface area contributed by atoms with Crippen molar-refractivity contribution in [1.82, 2.24) is 23.8 Å². The quantitative estimate of drug-likeness (QED) is 0.602. The summed E-state index contributed by atoms with van der Waals surface area (Å²) in [5, 5.41) is 0.0205.